The minimum absolute atomic E-state index is 0.284. The number of thioether (sulfide) groups is 2. The van der Waals surface area contributed by atoms with Gasteiger partial charge in [-0.2, -0.15) is 16.7 Å². The topological polar surface area (TPSA) is 64.9 Å². The highest BCUT2D eigenvalue weighted by Gasteiger charge is 2.30. The Hall–Kier alpha value is -0.850. The first-order valence-electron chi connectivity index (χ1n) is 6.82. The molecule has 3 rings (SSSR count). The minimum Gasteiger partial charge on any atom is -0.397 e. The molecule has 2 N–H and O–H groups in total. The molecule has 1 aliphatic heterocycles. The van der Waals surface area contributed by atoms with E-state index >= 15 is 0 Å². The Morgan fingerprint density at radius 3 is 3.00 bits per heavy atom. The van der Waals surface area contributed by atoms with Crippen LogP contribution in [0.5, 0.6) is 0 Å². The summed E-state index contributed by atoms with van der Waals surface area (Å²) < 4.78 is 5.41. The standard InChI is InChI=1S/C14H16ClN3OS2/c1-2-10-12(21-7-6-20-10)13-17-14(19-18-13)8-4-3-5-9(15)11(8)16/h3-5,10,12H,2,6-7,16H2,1H3. The molecule has 0 aliphatic carbocycles. The van der Waals surface area contributed by atoms with Crippen LogP contribution in [-0.4, -0.2) is 26.9 Å². The maximum atomic E-state index is 6.04. The number of hydrogen-bond acceptors (Lipinski definition) is 6. The van der Waals surface area contributed by atoms with Crippen LogP contribution in [0, 0.1) is 0 Å². The van der Waals surface area contributed by atoms with E-state index in [0.29, 0.717) is 27.4 Å². The third-order valence-electron chi connectivity index (χ3n) is 3.43. The van der Waals surface area contributed by atoms with Crippen molar-refractivity contribution in [3.63, 3.8) is 0 Å². The third-order valence-corrected chi connectivity index (χ3v) is 7.00. The van der Waals surface area contributed by atoms with Crippen molar-refractivity contribution in [3.8, 4) is 11.5 Å². The second-order valence-corrected chi connectivity index (χ2v) is 7.77. The maximum absolute atomic E-state index is 6.04. The van der Waals surface area contributed by atoms with Crippen molar-refractivity contribution in [2.45, 2.75) is 23.8 Å². The quantitative estimate of drug-likeness (QED) is 0.841. The number of nitrogens with two attached hydrogens (primary N) is 1. The summed E-state index contributed by atoms with van der Waals surface area (Å²) in [4.78, 5) is 4.55. The Labute approximate surface area is 137 Å². The van der Waals surface area contributed by atoms with Crippen LogP contribution >= 0.6 is 35.1 Å². The summed E-state index contributed by atoms with van der Waals surface area (Å²) in [5, 5.41) is 5.48. The summed E-state index contributed by atoms with van der Waals surface area (Å²) in [5.74, 6) is 3.50. The molecule has 0 bridgehead atoms. The van der Waals surface area contributed by atoms with E-state index in [1.165, 1.54) is 5.75 Å². The van der Waals surface area contributed by atoms with Gasteiger partial charge in [0.15, 0.2) is 5.82 Å². The Morgan fingerprint density at radius 1 is 1.38 bits per heavy atom. The smallest absolute Gasteiger partial charge is 0.260 e. The van der Waals surface area contributed by atoms with Gasteiger partial charge in [-0.05, 0) is 18.6 Å². The average Bonchev–Trinajstić information content (AvgIpc) is 2.99. The molecule has 1 aromatic heterocycles. The molecule has 2 unspecified atom stereocenters. The summed E-state index contributed by atoms with van der Waals surface area (Å²) in [7, 11) is 0. The van der Waals surface area contributed by atoms with E-state index in [0.717, 1.165) is 18.0 Å². The molecule has 7 heteroatoms. The monoisotopic (exact) mass is 341 g/mol. The molecule has 2 heterocycles. The van der Waals surface area contributed by atoms with Gasteiger partial charge in [-0.25, -0.2) is 0 Å². The van der Waals surface area contributed by atoms with Gasteiger partial charge in [-0.15, -0.1) is 11.8 Å². The lowest BCUT2D eigenvalue weighted by Gasteiger charge is -2.27. The lowest BCUT2D eigenvalue weighted by atomic mass is 10.2. The van der Waals surface area contributed by atoms with Crippen LogP contribution in [0.1, 0.15) is 24.4 Å². The Balaban J connectivity index is 1.91. The number of para-hydroxylation sites is 1. The number of aromatic nitrogens is 2. The highest BCUT2D eigenvalue weighted by molar-refractivity contribution is 8.06. The van der Waals surface area contributed by atoms with E-state index < -0.39 is 0 Å². The molecule has 2 aromatic rings. The second-order valence-electron chi connectivity index (χ2n) is 4.77. The van der Waals surface area contributed by atoms with Crippen LogP contribution in [0.15, 0.2) is 22.7 Å². The Kier molecular flexibility index (Phi) is 4.66. The number of anilines is 1. The van der Waals surface area contributed by atoms with Crippen molar-refractivity contribution < 1.29 is 4.52 Å². The lowest BCUT2D eigenvalue weighted by molar-refractivity contribution is 0.421. The number of halogens is 1. The second kappa shape index (κ2) is 6.50. The number of rotatable bonds is 3. The molecule has 0 radical (unpaired) electrons. The number of hydrogen-bond donors (Lipinski definition) is 1. The molecule has 4 nitrogen and oxygen atoms in total. The molecule has 0 amide bonds. The number of benzene rings is 1. The van der Waals surface area contributed by atoms with Gasteiger partial charge in [0.05, 0.1) is 21.5 Å². The first-order valence-corrected chi connectivity index (χ1v) is 9.29. The van der Waals surface area contributed by atoms with Crippen LogP contribution in [0.4, 0.5) is 5.69 Å². The van der Waals surface area contributed by atoms with E-state index in [2.05, 4.69) is 17.1 Å². The molecular formula is C14H16ClN3OS2. The zero-order valence-electron chi connectivity index (χ0n) is 11.6. The molecule has 2 atom stereocenters. The zero-order chi connectivity index (χ0) is 14.8. The fourth-order valence-electron chi connectivity index (χ4n) is 2.33. The molecule has 112 valence electrons. The van der Waals surface area contributed by atoms with Crippen LogP contribution in [0.3, 0.4) is 0 Å². The minimum atomic E-state index is 0.284. The van der Waals surface area contributed by atoms with Crippen LogP contribution in [0.25, 0.3) is 11.5 Å². The van der Waals surface area contributed by atoms with Crippen molar-refractivity contribution in [2.24, 2.45) is 0 Å². The van der Waals surface area contributed by atoms with Gasteiger partial charge in [0, 0.05) is 16.8 Å². The van der Waals surface area contributed by atoms with Gasteiger partial charge in [-0.1, -0.05) is 29.7 Å². The van der Waals surface area contributed by atoms with Crippen LogP contribution in [-0.2, 0) is 0 Å². The Bertz CT molecular complexity index is 634. The van der Waals surface area contributed by atoms with E-state index in [1.54, 1.807) is 6.07 Å². The van der Waals surface area contributed by atoms with E-state index in [1.807, 2.05) is 35.7 Å². The first-order chi connectivity index (χ1) is 10.2. The summed E-state index contributed by atoms with van der Waals surface area (Å²) in [5.41, 5.74) is 7.16. The number of nitrogens with zero attached hydrogens (tertiary/aromatic N) is 2. The SMILES string of the molecule is CCC1SCCSC1c1noc(-c2cccc(Cl)c2N)n1. The van der Waals surface area contributed by atoms with E-state index in [4.69, 9.17) is 21.9 Å². The van der Waals surface area contributed by atoms with Gasteiger partial charge < -0.3 is 10.3 Å². The fraction of sp³-hybridized carbons (Fsp3) is 0.429. The molecule has 1 aliphatic rings. The van der Waals surface area contributed by atoms with Gasteiger partial charge in [-0.3, -0.25) is 0 Å². The zero-order valence-corrected chi connectivity index (χ0v) is 14.0. The molecule has 0 spiro atoms. The maximum Gasteiger partial charge on any atom is 0.260 e. The van der Waals surface area contributed by atoms with E-state index in [-0.39, 0.29) is 5.25 Å². The third kappa shape index (κ3) is 3.03. The normalized spacial score (nSPS) is 22.4. The Morgan fingerprint density at radius 2 is 2.19 bits per heavy atom. The van der Waals surface area contributed by atoms with Gasteiger partial charge >= 0.3 is 0 Å². The fourth-order valence-corrected chi connectivity index (χ4v) is 5.48. The van der Waals surface area contributed by atoms with Crippen LogP contribution in [0.2, 0.25) is 5.02 Å². The first kappa shape index (κ1) is 15.1. The van der Waals surface area contributed by atoms with Crippen LogP contribution < -0.4 is 5.73 Å². The highest BCUT2D eigenvalue weighted by atomic mass is 35.5. The van der Waals surface area contributed by atoms with Crippen molar-refractivity contribution in [3.05, 3.63) is 29.0 Å². The predicted molar refractivity (Wildman–Crippen MR) is 90.9 cm³/mol. The molecule has 1 aromatic carbocycles. The average molecular weight is 342 g/mol. The van der Waals surface area contributed by atoms with Gasteiger partial charge in [0.1, 0.15) is 0 Å². The van der Waals surface area contributed by atoms with Gasteiger partial charge in [0.2, 0.25) is 0 Å². The molecule has 21 heavy (non-hydrogen) atoms. The van der Waals surface area contributed by atoms with E-state index in [9.17, 15) is 0 Å². The highest BCUT2D eigenvalue weighted by Crippen LogP contribution is 2.43. The molecule has 1 fully saturated rings. The largest absolute Gasteiger partial charge is 0.397 e. The van der Waals surface area contributed by atoms with Crippen molar-refractivity contribution >= 4 is 40.8 Å². The summed E-state index contributed by atoms with van der Waals surface area (Å²) in [6.45, 7) is 2.20. The summed E-state index contributed by atoms with van der Waals surface area (Å²) >= 11 is 9.93. The molecule has 1 saturated heterocycles. The number of nitrogen functional groups attached to an aromatic ring is 1. The summed E-state index contributed by atoms with van der Waals surface area (Å²) in [6, 6.07) is 5.43. The summed E-state index contributed by atoms with van der Waals surface area (Å²) in [6.07, 6.45) is 1.10. The predicted octanol–water partition coefficient (Wildman–Crippen LogP) is 4.27. The lowest BCUT2D eigenvalue weighted by Crippen LogP contribution is -2.19. The van der Waals surface area contributed by atoms with Crippen molar-refractivity contribution in [1.82, 2.24) is 10.1 Å². The van der Waals surface area contributed by atoms with Gasteiger partial charge in [0.25, 0.3) is 5.89 Å². The van der Waals surface area contributed by atoms with Crippen molar-refractivity contribution in [1.29, 1.82) is 0 Å². The van der Waals surface area contributed by atoms with Crippen molar-refractivity contribution in [2.75, 3.05) is 17.2 Å². The molecule has 0 saturated carbocycles. The molecular weight excluding hydrogens is 326 g/mol.